The summed E-state index contributed by atoms with van der Waals surface area (Å²) in [5, 5.41) is 26.4. The highest BCUT2D eigenvalue weighted by atomic mass is 32.2. The van der Waals surface area contributed by atoms with Crippen molar-refractivity contribution in [3.8, 4) is 0 Å². The molecule has 0 radical (unpaired) electrons. The van der Waals surface area contributed by atoms with Crippen molar-refractivity contribution in [2.24, 2.45) is 5.92 Å². The number of thioether (sulfide) groups is 2. The molecule has 0 aromatic rings. The van der Waals surface area contributed by atoms with E-state index in [0.717, 1.165) is 0 Å². The quantitative estimate of drug-likeness (QED) is 0.368. The number of aliphatic hydroxyl groups excluding tert-OH is 1. The van der Waals surface area contributed by atoms with E-state index in [0.29, 0.717) is 23.7 Å². The second-order valence-corrected chi connectivity index (χ2v) is 8.18. The molecule has 7 nitrogen and oxygen atoms in total. The maximum Gasteiger partial charge on any atom is 0.354 e. The van der Waals surface area contributed by atoms with Gasteiger partial charge in [0.1, 0.15) is 5.37 Å². The first kappa shape index (κ1) is 15.7. The summed E-state index contributed by atoms with van der Waals surface area (Å²) in [5.41, 5.74) is 0.0536. The van der Waals surface area contributed by atoms with Crippen molar-refractivity contribution in [2.75, 3.05) is 13.1 Å². The third-order valence-electron chi connectivity index (χ3n) is 4.11. The lowest BCUT2D eigenvalue weighted by Gasteiger charge is -2.44. The van der Waals surface area contributed by atoms with Gasteiger partial charge in [-0.3, -0.25) is 15.1 Å². The molecule has 3 aliphatic rings. The van der Waals surface area contributed by atoms with Crippen LogP contribution in [0, 0.1) is 11.3 Å². The van der Waals surface area contributed by atoms with E-state index < -0.39 is 18.0 Å². The lowest BCUT2D eigenvalue weighted by atomic mass is 9.90. The van der Waals surface area contributed by atoms with Crippen molar-refractivity contribution in [2.45, 2.75) is 30.1 Å². The number of carbonyl (C=O) groups excluding carboxylic acids is 1. The highest BCUT2D eigenvalue weighted by molar-refractivity contribution is 8.23. The Morgan fingerprint density at radius 1 is 1.59 bits per heavy atom. The van der Waals surface area contributed by atoms with Crippen LogP contribution in [-0.2, 0) is 9.59 Å². The van der Waals surface area contributed by atoms with E-state index in [9.17, 15) is 19.8 Å². The minimum atomic E-state index is -1.10. The first-order chi connectivity index (χ1) is 10.5. The van der Waals surface area contributed by atoms with Gasteiger partial charge < -0.3 is 15.1 Å². The fraction of sp³-hybridized carbons (Fsp3) is 0.615. The molecule has 0 aliphatic carbocycles. The Morgan fingerprint density at radius 2 is 2.27 bits per heavy atom. The van der Waals surface area contributed by atoms with Gasteiger partial charge in [-0.1, -0.05) is 18.7 Å². The molecule has 3 aliphatic heterocycles. The lowest BCUT2D eigenvalue weighted by Crippen LogP contribution is -2.61. The molecule has 9 heteroatoms. The number of nitrogens with one attached hydrogen (secondary N) is 1. The zero-order valence-electron chi connectivity index (χ0n) is 11.9. The standard InChI is InChI=1S/C13H17N3O4S2/c1-2-7(17)8-10(18)16-9(12(19)20)13(22-11(8)16)21-6-3-15(4-6)5-14/h5-8,11,14,17H,2-4H2,1H3,(H,19,20)/t7-,8+,11+/m0/s1. The van der Waals surface area contributed by atoms with Gasteiger partial charge in [0.25, 0.3) is 0 Å². The zero-order chi connectivity index (χ0) is 16.0. The van der Waals surface area contributed by atoms with Crippen LogP contribution in [0.5, 0.6) is 0 Å². The van der Waals surface area contributed by atoms with Gasteiger partial charge in [-0.05, 0) is 6.42 Å². The molecule has 2 saturated heterocycles. The van der Waals surface area contributed by atoms with Crippen LogP contribution >= 0.6 is 23.5 Å². The van der Waals surface area contributed by atoms with Crippen LogP contribution in [-0.4, -0.2) is 68.0 Å². The van der Waals surface area contributed by atoms with Gasteiger partial charge in [-0.2, -0.15) is 0 Å². The Hall–Kier alpha value is -1.19. The number of fused-ring (bicyclic) bond motifs is 1. The number of aliphatic hydroxyl groups is 1. The molecule has 0 aromatic carbocycles. The maximum absolute atomic E-state index is 12.2. The molecule has 0 unspecified atom stereocenters. The Kier molecular flexibility index (Phi) is 4.13. The summed E-state index contributed by atoms with van der Waals surface area (Å²) in [6, 6.07) is 0. The summed E-state index contributed by atoms with van der Waals surface area (Å²) in [6.45, 7) is 3.23. The molecule has 3 rings (SSSR count). The van der Waals surface area contributed by atoms with E-state index in [1.54, 1.807) is 0 Å². The highest BCUT2D eigenvalue weighted by Crippen LogP contribution is 2.55. The SMILES string of the molecule is CC[C@H](O)[C@@H]1C(=O)N2C(C(=O)O)=C(SC3CN(C=N)C3)S[C@H]12. The number of rotatable bonds is 6. The molecule has 120 valence electrons. The molecule has 2 fully saturated rings. The third kappa shape index (κ3) is 2.31. The minimum absolute atomic E-state index is 0.0536. The van der Waals surface area contributed by atoms with Crippen LogP contribution < -0.4 is 0 Å². The van der Waals surface area contributed by atoms with E-state index in [-0.39, 0.29) is 22.2 Å². The zero-order valence-corrected chi connectivity index (χ0v) is 13.6. The highest BCUT2D eigenvalue weighted by Gasteiger charge is 2.58. The summed E-state index contributed by atoms with van der Waals surface area (Å²) in [5.74, 6) is -1.91. The van der Waals surface area contributed by atoms with Crippen LogP contribution in [0.2, 0.25) is 0 Å². The van der Waals surface area contributed by atoms with Crippen molar-refractivity contribution in [3.63, 3.8) is 0 Å². The van der Waals surface area contributed by atoms with Crippen molar-refractivity contribution < 1.29 is 19.8 Å². The van der Waals surface area contributed by atoms with Crippen LogP contribution in [0.15, 0.2) is 9.93 Å². The summed E-state index contributed by atoms with van der Waals surface area (Å²) in [7, 11) is 0. The van der Waals surface area contributed by atoms with Gasteiger partial charge in [0.15, 0.2) is 5.70 Å². The summed E-state index contributed by atoms with van der Waals surface area (Å²) in [4.78, 5) is 26.8. The Labute approximate surface area is 136 Å². The van der Waals surface area contributed by atoms with E-state index >= 15 is 0 Å². The smallest absolute Gasteiger partial charge is 0.354 e. The van der Waals surface area contributed by atoms with Gasteiger partial charge in [0, 0.05) is 18.3 Å². The third-order valence-corrected chi connectivity index (χ3v) is 6.88. The Balaban J connectivity index is 1.74. The number of β-lactam (4-membered cyclic amide) rings is 1. The number of aliphatic carboxylic acids is 1. The molecular formula is C13H17N3O4S2. The molecule has 22 heavy (non-hydrogen) atoms. The van der Waals surface area contributed by atoms with Gasteiger partial charge in [-0.25, -0.2) is 4.79 Å². The summed E-state index contributed by atoms with van der Waals surface area (Å²) >= 11 is 2.83. The van der Waals surface area contributed by atoms with Crippen LogP contribution in [0.25, 0.3) is 0 Å². The fourth-order valence-electron chi connectivity index (χ4n) is 2.80. The summed E-state index contributed by atoms with van der Waals surface area (Å²) in [6.07, 6.45) is 1.02. The summed E-state index contributed by atoms with van der Waals surface area (Å²) < 4.78 is 0.645. The Bertz CT molecular complexity index is 561. The number of hydrogen-bond donors (Lipinski definition) is 3. The second kappa shape index (κ2) is 5.78. The van der Waals surface area contributed by atoms with Crippen molar-refractivity contribution in [1.29, 1.82) is 5.41 Å². The predicted molar refractivity (Wildman–Crippen MR) is 84.4 cm³/mol. The Morgan fingerprint density at radius 3 is 2.82 bits per heavy atom. The molecular weight excluding hydrogens is 326 g/mol. The molecule has 0 spiro atoms. The predicted octanol–water partition coefficient (Wildman–Crippen LogP) is 0.567. The maximum atomic E-state index is 12.2. The van der Waals surface area contributed by atoms with E-state index in [2.05, 4.69) is 0 Å². The number of hydrogen-bond acceptors (Lipinski definition) is 6. The molecule has 0 aromatic heterocycles. The van der Waals surface area contributed by atoms with Crippen molar-refractivity contribution >= 4 is 41.7 Å². The van der Waals surface area contributed by atoms with Crippen LogP contribution in [0.4, 0.5) is 0 Å². The van der Waals surface area contributed by atoms with Crippen molar-refractivity contribution in [1.82, 2.24) is 9.80 Å². The number of carbonyl (C=O) groups is 2. The van der Waals surface area contributed by atoms with Gasteiger partial charge >= 0.3 is 5.97 Å². The fourth-order valence-corrected chi connectivity index (χ4v) is 6.13. The average molecular weight is 343 g/mol. The lowest BCUT2D eigenvalue weighted by molar-refractivity contribution is -0.157. The minimum Gasteiger partial charge on any atom is -0.477 e. The number of likely N-dealkylation sites (tertiary alicyclic amines) is 1. The molecule has 0 bridgehead atoms. The number of amides is 1. The first-order valence-electron chi connectivity index (χ1n) is 7.04. The first-order valence-corrected chi connectivity index (χ1v) is 8.80. The van der Waals surface area contributed by atoms with Gasteiger partial charge in [-0.15, -0.1) is 11.8 Å². The number of carboxylic acid groups (broad SMARTS) is 1. The topological polar surface area (TPSA) is 105 Å². The van der Waals surface area contributed by atoms with E-state index in [1.807, 2.05) is 11.8 Å². The van der Waals surface area contributed by atoms with Crippen LogP contribution in [0.3, 0.4) is 0 Å². The number of carboxylic acids is 1. The van der Waals surface area contributed by atoms with E-state index in [4.69, 9.17) is 5.41 Å². The largest absolute Gasteiger partial charge is 0.477 e. The molecule has 3 heterocycles. The number of nitrogens with zero attached hydrogens (tertiary/aromatic N) is 2. The monoisotopic (exact) mass is 343 g/mol. The average Bonchev–Trinajstić information content (AvgIpc) is 2.76. The second-order valence-electron chi connectivity index (χ2n) is 5.48. The van der Waals surface area contributed by atoms with Crippen molar-refractivity contribution in [3.05, 3.63) is 9.93 Å². The normalized spacial score (nSPS) is 29.1. The molecule has 0 saturated carbocycles. The van der Waals surface area contributed by atoms with Crippen LogP contribution in [0.1, 0.15) is 13.3 Å². The molecule has 3 N–H and O–H groups in total. The molecule has 3 atom stereocenters. The van der Waals surface area contributed by atoms with Gasteiger partial charge in [0.05, 0.1) is 22.6 Å². The van der Waals surface area contributed by atoms with Gasteiger partial charge in [0.2, 0.25) is 5.91 Å². The molecule has 1 amide bonds. The van der Waals surface area contributed by atoms with E-state index in [1.165, 1.54) is 34.8 Å².